The fourth-order valence-corrected chi connectivity index (χ4v) is 5.36. The van der Waals surface area contributed by atoms with Crippen molar-refractivity contribution in [2.45, 2.75) is 70.6 Å². The Labute approximate surface area is 233 Å². The number of nitrogens with zero attached hydrogens (tertiary/aromatic N) is 4. The number of amides is 1. The van der Waals surface area contributed by atoms with E-state index < -0.39 is 6.09 Å². The van der Waals surface area contributed by atoms with Crippen molar-refractivity contribution in [1.29, 1.82) is 0 Å². The van der Waals surface area contributed by atoms with Crippen molar-refractivity contribution in [2.75, 3.05) is 10.6 Å². The van der Waals surface area contributed by atoms with E-state index >= 15 is 0 Å². The maximum Gasteiger partial charge on any atom is 0.407 e. The lowest BCUT2D eigenvalue weighted by Gasteiger charge is -2.36. The van der Waals surface area contributed by atoms with Crippen molar-refractivity contribution in [3.05, 3.63) is 65.3 Å². The van der Waals surface area contributed by atoms with Gasteiger partial charge in [-0.2, -0.15) is 5.10 Å². The summed E-state index contributed by atoms with van der Waals surface area (Å²) in [5.74, 6) is 0.455. The zero-order valence-corrected chi connectivity index (χ0v) is 23.2. The van der Waals surface area contributed by atoms with E-state index in [1.165, 1.54) is 0 Å². The average molecular weight is 548 g/mol. The number of benzene rings is 2. The highest BCUT2D eigenvalue weighted by atomic mass is 35.5. The van der Waals surface area contributed by atoms with E-state index in [2.05, 4.69) is 46.6 Å². The smallest absolute Gasteiger partial charge is 0.407 e. The largest absolute Gasteiger partial charge is 0.465 e. The Kier molecular flexibility index (Phi) is 7.61. The summed E-state index contributed by atoms with van der Waals surface area (Å²) in [6, 6.07) is 15.7. The van der Waals surface area contributed by atoms with Crippen LogP contribution < -0.4 is 10.6 Å². The number of hydrogen-bond donors (Lipinski definition) is 4. The summed E-state index contributed by atoms with van der Waals surface area (Å²) >= 11 is 6.47. The standard InChI is InChI=1S/C29H34ClN7O2/c1-29(2,3)34-19-13-11-18(12-14-19)17-37(28(38)39)21-8-6-7-20(15-21)32-27-31-16-23(30)26(33-27)25-22-9-4-5-10-24(22)35-36-25/h4-5,9-14,16,20-21,34H,6-8,15,17H2,1-3H3,(H,35,36)(H,38,39)(H,31,32,33)/t20-,21+/m1/s1. The summed E-state index contributed by atoms with van der Waals surface area (Å²) in [7, 11) is 0. The molecule has 0 radical (unpaired) electrons. The van der Waals surface area contributed by atoms with Gasteiger partial charge in [0, 0.05) is 35.2 Å². The molecule has 204 valence electrons. The Morgan fingerprint density at radius 2 is 1.90 bits per heavy atom. The molecule has 9 nitrogen and oxygen atoms in total. The van der Waals surface area contributed by atoms with Crippen LogP contribution in [0.1, 0.15) is 52.0 Å². The molecule has 0 unspecified atom stereocenters. The lowest BCUT2D eigenvalue weighted by molar-refractivity contribution is 0.105. The monoisotopic (exact) mass is 547 g/mol. The SMILES string of the molecule is CC(C)(C)Nc1ccc(CN(C(=O)O)[C@H]2CCC[C@@H](Nc3ncc(Cl)c(-c4n[nH]c5ccccc45)n3)C2)cc1. The van der Waals surface area contributed by atoms with Crippen molar-refractivity contribution < 1.29 is 9.90 Å². The fourth-order valence-electron chi connectivity index (χ4n) is 5.18. The second-order valence-electron chi connectivity index (χ2n) is 11.2. The number of hydrogen-bond acceptors (Lipinski definition) is 6. The predicted octanol–water partition coefficient (Wildman–Crippen LogP) is 6.79. The van der Waals surface area contributed by atoms with E-state index in [-0.39, 0.29) is 17.6 Å². The number of nitrogens with one attached hydrogen (secondary N) is 3. The van der Waals surface area contributed by atoms with Gasteiger partial charge in [0.2, 0.25) is 5.95 Å². The molecule has 0 aliphatic heterocycles. The van der Waals surface area contributed by atoms with E-state index in [4.69, 9.17) is 16.6 Å². The third-order valence-corrected chi connectivity index (χ3v) is 7.21. The van der Waals surface area contributed by atoms with E-state index in [1.54, 1.807) is 11.1 Å². The van der Waals surface area contributed by atoms with Gasteiger partial charge >= 0.3 is 6.09 Å². The van der Waals surface area contributed by atoms with Gasteiger partial charge in [0.05, 0.1) is 16.7 Å². The van der Waals surface area contributed by atoms with Crippen LogP contribution in [-0.2, 0) is 6.54 Å². The zero-order valence-electron chi connectivity index (χ0n) is 22.4. The minimum Gasteiger partial charge on any atom is -0.465 e. The van der Waals surface area contributed by atoms with Crippen molar-refractivity contribution in [1.82, 2.24) is 25.1 Å². The molecule has 2 aromatic heterocycles. The number of fused-ring (bicyclic) bond motifs is 1. The van der Waals surface area contributed by atoms with E-state index in [1.807, 2.05) is 48.5 Å². The van der Waals surface area contributed by atoms with Crippen LogP contribution in [-0.4, -0.2) is 53.9 Å². The van der Waals surface area contributed by atoms with E-state index in [0.717, 1.165) is 41.4 Å². The maximum absolute atomic E-state index is 12.3. The van der Waals surface area contributed by atoms with Crippen LogP contribution in [0.25, 0.3) is 22.3 Å². The van der Waals surface area contributed by atoms with Crippen molar-refractivity contribution in [3.8, 4) is 11.4 Å². The lowest BCUT2D eigenvalue weighted by atomic mass is 9.90. The molecule has 5 rings (SSSR count). The van der Waals surface area contributed by atoms with Gasteiger partial charge in [0.15, 0.2) is 0 Å². The minimum absolute atomic E-state index is 0.0360. The summed E-state index contributed by atoms with van der Waals surface area (Å²) in [4.78, 5) is 22.9. The Bertz CT molecular complexity index is 1450. The molecule has 4 N–H and O–H groups in total. The number of carboxylic acid groups (broad SMARTS) is 1. The molecule has 1 amide bonds. The zero-order chi connectivity index (χ0) is 27.6. The van der Waals surface area contributed by atoms with Crippen LogP contribution in [0, 0.1) is 0 Å². The van der Waals surface area contributed by atoms with Gasteiger partial charge in [-0.3, -0.25) is 5.10 Å². The average Bonchev–Trinajstić information content (AvgIpc) is 3.32. The number of H-pyrrole nitrogens is 1. The topological polar surface area (TPSA) is 119 Å². The maximum atomic E-state index is 12.3. The van der Waals surface area contributed by atoms with Crippen LogP contribution >= 0.6 is 11.6 Å². The van der Waals surface area contributed by atoms with Crippen molar-refractivity contribution >= 4 is 40.2 Å². The van der Waals surface area contributed by atoms with Gasteiger partial charge in [-0.1, -0.05) is 41.9 Å². The van der Waals surface area contributed by atoms with Crippen LogP contribution in [0.15, 0.2) is 54.7 Å². The van der Waals surface area contributed by atoms with Gasteiger partial charge < -0.3 is 20.6 Å². The normalized spacial score (nSPS) is 17.6. The molecule has 10 heteroatoms. The van der Waals surface area contributed by atoms with Crippen LogP contribution in [0.5, 0.6) is 0 Å². The van der Waals surface area contributed by atoms with E-state index in [0.29, 0.717) is 35.3 Å². The Morgan fingerprint density at radius 3 is 2.64 bits per heavy atom. The first-order valence-corrected chi connectivity index (χ1v) is 13.6. The number of aromatic nitrogens is 4. The van der Waals surface area contributed by atoms with E-state index in [9.17, 15) is 9.90 Å². The van der Waals surface area contributed by atoms with Crippen molar-refractivity contribution in [3.63, 3.8) is 0 Å². The molecule has 39 heavy (non-hydrogen) atoms. The third kappa shape index (κ3) is 6.42. The molecule has 1 aliphatic rings. The van der Waals surface area contributed by atoms with Gasteiger partial charge in [-0.05, 0) is 70.2 Å². The Morgan fingerprint density at radius 1 is 1.13 bits per heavy atom. The number of rotatable bonds is 7. The highest BCUT2D eigenvalue weighted by Gasteiger charge is 2.30. The van der Waals surface area contributed by atoms with Gasteiger partial charge in [-0.15, -0.1) is 0 Å². The van der Waals surface area contributed by atoms with Gasteiger partial charge in [0.25, 0.3) is 0 Å². The molecular weight excluding hydrogens is 514 g/mol. The highest BCUT2D eigenvalue weighted by molar-refractivity contribution is 6.33. The number of carbonyl (C=O) groups is 1. The molecule has 2 aromatic carbocycles. The summed E-state index contributed by atoms with van der Waals surface area (Å²) in [6.45, 7) is 6.66. The molecule has 0 spiro atoms. The summed E-state index contributed by atoms with van der Waals surface area (Å²) in [5, 5.41) is 25.7. The predicted molar refractivity (Wildman–Crippen MR) is 155 cm³/mol. The first-order valence-electron chi connectivity index (χ1n) is 13.3. The van der Waals surface area contributed by atoms with Gasteiger partial charge in [-0.25, -0.2) is 14.8 Å². The second-order valence-corrected chi connectivity index (χ2v) is 11.6. The second kappa shape index (κ2) is 11.1. The van der Waals surface area contributed by atoms with Gasteiger partial charge in [0.1, 0.15) is 11.4 Å². The third-order valence-electron chi connectivity index (χ3n) is 6.93. The Hall–Kier alpha value is -3.85. The quantitative estimate of drug-likeness (QED) is 0.201. The summed E-state index contributed by atoms with van der Waals surface area (Å²) in [6.07, 6.45) is 3.97. The fraction of sp³-hybridized carbons (Fsp3) is 0.379. The highest BCUT2D eigenvalue weighted by Crippen LogP contribution is 2.32. The molecule has 1 saturated carbocycles. The molecule has 1 aliphatic carbocycles. The van der Waals surface area contributed by atoms with Crippen LogP contribution in [0.4, 0.5) is 16.4 Å². The number of anilines is 2. The number of aromatic amines is 1. The van der Waals surface area contributed by atoms with Crippen molar-refractivity contribution in [2.24, 2.45) is 0 Å². The molecule has 0 saturated heterocycles. The molecule has 1 fully saturated rings. The number of halogens is 1. The molecule has 4 aromatic rings. The molecule has 2 heterocycles. The Balaban J connectivity index is 1.28. The van der Waals surface area contributed by atoms with Crippen LogP contribution in [0.3, 0.4) is 0 Å². The summed E-state index contributed by atoms with van der Waals surface area (Å²) in [5.41, 5.74) is 4.06. The summed E-state index contributed by atoms with van der Waals surface area (Å²) < 4.78 is 0. The first-order chi connectivity index (χ1) is 18.7. The first kappa shape index (κ1) is 26.7. The van der Waals surface area contributed by atoms with Crippen LogP contribution in [0.2, 0.25) is 5.02 Å². The minimum atomic E-state index is -0.909. The molecule has 0 bridgehead atoms. The molecule has 2 atom stereocenters. The lowest BCUT2D eigenvalue weighted by Crippen LogP contribution is -2.44. The molecular formula is C29H34ClN7O2. The number of para-hydroxylation sites is 1.